The zero-order valence-corrected chi connectivity index (χ0v) is 17.8. The molecule has 0 fully saturated rings. The van der Waals surface area contributed by atoms with E-state index in [-0.39, 0.29) is 16.4 Å². The highest BCUT2D eigenvalue weighted by molar-refractivity contribution is 6.11. The van der Waals surface area contributed by atoms with Crippen LogP contribution in [0.3, 0.4) is 0 Å². The maximum Gasteiger partial charge on any atom is 0.335 e. The minimum absolute atomic E-state index is 0.0737. The smallest absolute Gasteiger partial charge is 0.335 e. The van der Waals surface area contributed by atoms with Gasteiger partial charge in [0.1, 0.15) is 5.71 Å². The molecule has 0 aromatic heterocycles. The fourth-order valence-electron chi connectivity index (χ4n) is 4.09. The Labute approximate surface area is 172 Å². The van der Waals surface area contributed by atoms with Crippen molar-refractivity contribution < 1.29 is 15.1 Å². The van der Waals surface area contributed by atoms with E-state index in [2.05, 4.69) is 45.0 Å². The van der Waals surface area contributed by atoms with E-state index in [1.807, 2.05) is 13.0 Å². The van der Waals surface area contributed by atoms with E-state index < -0.39 is 5.97 Å². The van der Waals surface area contributed by atoms with Crippen molar-refractivity contribution in [1.82, 2.24) is 0 Å². The van der Waals surface area contributed by atoms with Gasteiger partial charge in [0.2, 0.25) is 0 Å². The third-order valence-electron chi connectivity index (χ3n) is 6.17. The molecule has 0 amide bonds. The molecule has 3 rings (SSSR count). The van der Waals surface area contributed by atoms with Gasteiger partial charge < -0.3 is 10.3 Å². The highest BCUT2D eigenvalue weighted by atomic mass is 16.4. The number of aromatic carboxylic acids is 1. The number of rotatable bonds is 4. The van der Waals surface area contributed by atoms with Crippen LogP contribution in [-0.2, 0) is 10.8 Å². The van der Waals surface area contributed by atoms with E-state index in [0.29, 0.717) is 5.71 Å². The highest BCUT2D eigenvalue weighted by Crippen LogP contribution is 2.46. The summed E-state index contributed by atoms with van der Waals surface area (Å²) in [6.07, 6.45) is 5.87. The Balaban J connectivity index is 1.99. The second-order valence-corrected chi connectivity index (χ2v) is 9.23. The molecule has 0 aliphatic heterocycles. The monoisotopic (exact) mass is 391 g/mol. The van der Waals surface area contributed by atoms with Crippen LogP contribution in [0.1, 0.15) is 78.7 Å². The summed E-state index contributed by atoms with van der Waals surface area (Å²) < 4.78 is 0. The van der Waals surface area contributed by atoms with Gasteiger partial charge in [-0.3, -0.25) is 0 Å². The zero-order valence-electron chi connectivity index (χ0n) is 17.8. The van der Waals surface area contributed by atoms with Gasteiger partial charge in [0, 0.05) is 5.56 Å². The van der Waals surface area contributed by atoms with Crippen LogP contribution in [0, 0.1) is 6.92 Å². The normalized spacial score (nSPS) is 17.9. The van der Waals surface area contributed by atoms with Gasteiger partial charge in [-0.2, -0.15) is 0 Å². The molecule has 0 heterocycles. The lowest BCUT2D eigenvalue weighted by atomic mass is 9.62. The Morgan fingerprint density at radius 1 is 1.00 bits per heavy atom. The molecule has 2 aromatic carbocycles. The summed E-state index contributed by atoms with van der Waals surface area (Å²) in [7, 11) is 0. The number of carboxylic acid groups (broad SMARTS) is 1. The standard InChI is InChI=1S/C25H29NO3/c1-16-14-20-21(25(4,5)13-12-24(20,2)3)15-19(16)22(26-29)11-8-17-6-9-18(10-7-17)23(27)28/h6-11,14-15,29H,12-13H2,1-5H3,(H,27,28). The minimum Gasteiger partial charge on any atom is -0.478 e. The average Bonchev–Trinajstić information content (AvgIpc) is 2.67. The topological polar surface area (TPSA) is 69.9 Å². The number of fused-ring (bicyclic) bond motifs is 1. The molecule has 1 aliphatic rings. The fourth-order valence-corrected chi connectivity index (χ4v) is 4.09. The molecular formula is C25H29NO3. The number of carbonyl (C=O) groups is 1. The number of benzene rings is 2. The summed E-state index contributed by atoms with van der Waals surface area (Å²) in [5.41, 5.74) is 6.46. The molecule has 1 aliphatic carbocycles. The predicted octanol–water partition coefficient (Wildman–Crippen LogP) is 5.93. The number of hydrogen-bond acceptors (Lipinski definition) is 3. The molecule has 0 radical (unpaired) electrons. The van der Waals surface area contributed by atoms with Crippen molar-refractivity contribution in [2.75, 3.05) is 0 Å². The van der Waals surface area contributed by atoms with Crippen LogP contribution in [0.25, 0.3) is 6.08 Å². The Morgan fingerprint density at radius 2 is 1.55 bits per heavy atom. The van der Waals surface area contributed by atoms with Crippen LogP contribution in [-0.4, -0.2) is 22.0 Å². The molecule has 4 nitrogen and oxygen atoms in total. The third kappa shape index (κ3) is 4.12. The molecule has 0 unspecified atom stereocenters. The van der Waals surface area contributed by atoms with Crippen molar-refractivity contribution in [1.29, 1.82) is 0 Å². The first-order valence-electron chi connectivity index (χ1n) is 9.95. The van der Waals surface area contributed by atoms with Gasteiger partial charge in [0.05, 0.1) is 5.56 Å². The van der Waals surface area contributed by atoms with E-state index in [1.54, 1.807) is 30.3 Å². The summed E-state index contributed by atoms with van der Waals surface area (Å²) in [6, 6.07) is 11.0. The van der Waals surface area contributed by atoms with Gasteiger partial charge in [0.25, 0.3) is 0 Å². The molecule has 4 heteroatoms. The van der Waals surface area contributed by atoms with Crippen LogP contribution < -0.4 is 0 Å². The van der Waals surface area contributed by atoms with Gasteiger partial charge in [-0.05, 0) is 77.1 Å². The number of carboxylic acids is 1. The first-order valence-corrected chi connectivity index (χ1v) is 9.95. The summed E-state index contributed by atoms with van der Waals surface area (Å²) >= 11 is 0. The molecule has 2 N–H and O–H groups in total. The van der Waals surface area contributed by atoms with Crippen LogP contribution in [0.4, 0.5) is 0 Å². The minimum atomic E-state index is -0.951. The van der Waals surface area contributed by atoms with Gasteiger partial charge in [-0.15, -0.1) is 0 Å². The number of nitrogens with zero attached hydrogens (tertiary/aromatic N) is 1. The van der Waals surface area contributed by atoms with Gasteiger partial charge in [-0.25, -0.2) is 4.79 Å². The van der Waals surface area contributed by atoms with E-state index in [9.17, 15) is 10.0 Å². The van der Waals surface area contributed by atoms with Gasteiger partial charge >= 0.3 is 5.97 Å². The van der Waals surface area contributed by atoms with Crippen molar-refractivity contribution in [3.05, 3.63) is 75.9 Å². The van der Waals surface area contributed by atoms with Gasteiger partial charge in [0.15, 0.2) is 0 Å². The summed E-state index contributed by atoms with van der Waals surface area (Å²) in [6.45, 7) is 11.2. The lowest BCUT2D eigenvalue weighted by Crippen LogP contribution is -2.34. The molecule has 0 atom stereocenters. The van der Waals surface area contributed by atoms with Crippen molar-refractivity contribution in [2.45, 2.75) is 58.3 Å². The summed E-state index contributed by atoms with van der Waals surface area (Å²) in [5, 5.41) is 22.3. The summed E-state index contributed by atoms with van der Waals surface area (Å²) in [5.74, 6) is -0.951. The van der Waals surface area contributed by atoms with Crippen LogP contribution in [0.15, 0.2) is 47.6 Å². The number of hydrogen-bond donors (Lipinski definition) is 2. The molecule has 2 aromatic rings. The van der Waals surface area contributed by atoms with Crippen molar-refractivity contribution >= 4 is 17.8 Å². The molecule has 29 heavy (non-hydrogen) atoms. The van der Waals surface area contributed by atoms with Crippen molar-refractivity contribution in [3.63, 3.8) is 0 Å². The van der Waals surface area contributed by atoms with E-state index in [4.69, 9.17) is 5.11 Å². The second kappa shape index (κ2) is 7.51. The van der Waals surface area contributed by atoms with Crippen LogP contribution >= 0.6 is 0 Å². The number of allylic oxidation sites excluding steroid dienone is 1. The Morgan fingerprint density at radius 3 is 2.07 bits per heavy atom. The van der Waals surface area contributed by atoms with Crippen molar-refractivity contribution in [3.8, 4) is 0 Å². The lowest BCUT2D eigenvalue weighted by Gasteiger charge is -2.42. The first-order chi connectivity index (χ1) is 13.5. The molecule has 152 valence electrons. The van der Waals surface area contributed by atoms with Gasteiger partial charge in [-0.1, -0.05) is 57.1 Å². The Bertz CT molecular complexity index is 995. The largest absolute Gasteiger partial charge is 0.478 e. The lowest BCUT2D eigenvalue weighted by molar-refractivity contribution is 0.0697. The Kier molecular flexibility index (Phi) is 5.40. The van der Waals surface area contributed by atoms with Crippen LogP contribution in [0.5, 0.6) is 0 Å². The quantitative estimate of drug-likeness (QED) is 0.385. The number of oxime groups is 1. The predicted molar refractivity (Wildman–Crippen MR) is 117 cm³/mol. The number of aryl methyl sites for hydroxylation is 1. The third-order valence-corrected chi connectivity index (χ3v) is 6.17. The van der Waals surface area contributed by atoms with Crippen molar-refractivity contribution in [2.24, 2.45) is 5.16 Å². The zero-order chi connectivity index (χ0) is 21.4. The first kappa shape index (κ1) is 20.8. The maximum atomic E-state index is 11.0. The molecule has 0 saturated heterocycles. The molecule has 0 saturated carbocycles. The van der Waals surface area contributed by atoms with E-state index in [1.165, 1.54) is 11.1 Å². The molecular weight excluding hydrogens is 362 g/mol. The average molecular weight is 392 g/mol. The maximum absolute atomic E-state index is 11.0. The molecule has 0 bridgehead atoms. The van der Waals surface area contributed by atoms with E-state index in [0.717, 1.165) is 29.5 Å². The Hall–Kier alpha value is -2.88. The van der Waals surface area contributed by atoms with Crippen LogP contribution in [0.2, 0.25) is 0 Å². The second-order valence-electron chi connectivity index (χ2n) is 9.23. The highest BCUT2D eigenvalue weighted by Gasteiger charge is 2.37. The fraction of sp³-hybridized carbons (Fsp3) is 0.360. The summed E-state index contributed by atoms with van der Waals surface area (Å²) in [4.78, 5) is 11.0. The molecule has 0 spiro atoms. The van der Waals surface area contributed by atoms with E-state index >= 15 is 0 Å². The SMILES string of the molecule is Cc1cc2c(cc1C(C=Cc1ccc(C(=O)O)cc1)=NO)C(C)(C)CCC2(C)C.